The van der Waals surface area contributed by atoms with Gasteiger partial charge in [0.05, 0.1) is 13.2 Å². The van der Waals surface area contributed by atoms with Crippen molar-refractivity contribution in [2.75, 3.05) is 32.8 Å². The third-order valence-corrected chi connectivity index (χ3v) is 4.05. The molecule has 0 saturated carbocycles. The van der Waals surface area contributed by atoms with E-state index in [0.717, 1.165) is 0 Å². The highest BCUT2D eigenvalue weighted by Crippen LogP contribution is 2.27. The van der Waals surface area contributed by atoms with Gasteiger partial charge in [-0.05, 0) is 25.1 Å². The van der Waals surface area contributed by atoms with Gasteiger partial charge in [0.15, 0.2) is 5.82 Å². The van der Waals surface area contributed by atoms with Gasteiger partial charge in [0, 0.05) is 31.7 Å². The first-order valence-electron chi connectivity index (χ1n) is 8.67. The van der Waals surface area contributed by atoms with Crippen LogP contribution in [0, 0.1) is 0 Å². The largest absolute Gasteiger partial charge is 0.573 e. The molecule has 0 bridgehead atoms. The van der Waals surface area contributed by atoms with Crippen LogP contribution in [-0.2, 0) is 11.3 Å². The predicted molar refractivity (Wildman–Crippen MR) is 90.3 cm³/mol. The zero-order valence-corrected chi connectivity index (χ0v) is 15.1. The van der Waals surface area contributed by atoms with Crippen molar-refractivity contribution >= 4 is 6.09 Å². The molecule has 1 aromatic carbocycles. The second-order valence-electron chi connectivity index (χ2n) is 6.05. The summed E-state index contributed by atoms with van der Waals surface area (Å²) >= 11 is 0. The second-order valence-corrected chi connectivity index (χ2v) is 6.05. The van der Waals surface area contributed by atoms with E-state index in [1.54, 1.807) is 17.9 Å². The van der Waals surface area contributed by atoms with E-state index in [-0.39, 0.29) is 17.7 Å². The highest BCUT2D eigenvalue weighted by atomic mass is 19.4. The lowest BCUT2D eigenvalue weighted by Crippen LogP contribution is -2.48. The minimum absolute atomic E-state index is 0.104. The van der Waals surface area contributed by atoms with Crippen molar-refractivity contribution in [1.29, 1.82) is 0 Å². The molecular weight excluding hydrogens is 381 g/mol. The molecule has 2 heterocycles. The smallest absolute Gasteiger partial charge is 0.450 e. The molecule has 1 aromatic heterocycles. The number of hydrogen-bond acceptors (Lipinski definition) is 7. The number of benzene rings is 1. The molecule has 11 heteroatoms. The van der Waals surface area contributed by atoms with Crippen LogP contribution in [-0.4, -0.2) is 65.2 Å². The summed E-state index contributed by atoms with van der Waals surface area (Å²) in [6, 6.07) is 5.34. The molecule has 2 aromatic rings. The van der Waals surface area contributed by atoms with Crippen LogP contribution in [0.2, 0.25) is 0 Å². The van der Waals surface area contributed by atoms with Gasteiger partial charge in [-0.15, -0.1) is 13.2 Å². The number of nitrogens with zero attached hydrogens (tertiary/aromatic N) is 4. The zero-order chi connectivity index (χ0) is 20.1. The third-order valence-electron chi connectivity index (χ3n) is 4.05. The normalized spacial score (nSPS) is 15.5. The number of alkyl halides is 3. The van der Waals surface area contributed by atoms with Crippen molar-refractivity contribution in [3.63, 3.8) is 0 Å². The number of rotatable bonds is 5. The topological polar surface area (TPSA) is 80.9 Å². The Bertz CT molecular complexity index is 804. The number of hydrogen-bond donors (Lipinski definition) is 0. The number of aromatic nitrogens is 2. The van der Waals surface area contributed by atoms with Gasteiger partial charge < -0.3 is 18.9 Å². The molecule has 0 radical (unpaired) electrons. The van der Waals surface area contributed by atoms with Crippen LogP contribution in [0.1, 0.15) is 12.7 Å². The fourth-order valence-electron chi connectivity index (χ4n) is 2.77. The van der Waals surface area contributed by atoms with Crippen molar-refractivity contribution in [2.24, 2.45) is 0 Å². The standard InChI is InChI=1S/C17H19F3N4O4/c1-2-26-16(25)24-8-6-23(7-9-24)11-14-21-15(28-22-14)12-4-3-5-13(10-12)27-17(18,19)20/h3-5,10H,2,6-9,11H2,1H3. The summed E-state index contributed by atoms with van der Waals surface area (Å²) in [6.45, 7) is 4.79. The van der Waals surface area contributed by atoms with Crippen molar-refractivity contribution in [3.05, 3.63) is 30.1 Å². The average Bonchev–Trinajstić information content (AvgIpc) is 3.10. The molecule has 0 aliphatic carbocycles. The summed E-state index contributed by atoms with van der Waals surface area (Å²) in [5.41, 5.74) is 0.327. The average molecular weight is 400 g/mol. The molecule has 1 amide bonds. The summed E-state index contributed by atoms with van der Waals surface area (Å²) in [7, 11) is 0. The first-order chi connectivity index (χ1) is 13.3. The van der Waals surface area contributed by atoms with Crippen molar-refractivity contribution < 1.29 is 32.0 Å². The van der Waals surface area contributed by atoms with Crippen molar-refractivity contribution in [3.8, 4) is 17.2 Å². The van der Waals surface area contributed by atoms with Crippen LogP contribution in [0.25, 0.3) is 11.5 Å². The van der Waals surface area contributed by atoms with E-state index in [0.29, 0.717) is 50.7 Å². The van der Waals surface area contributed by atoms with Gasteiger partial charge in [-0.25, -0.2) is 4.79 Å². The maximum absolute atomic E-state index is 12.3. The molecule has 3 rings (SSSR count). The SMILES string of the molecule is CCOC(=O)N1CCN(Cc2noc(-c3cccc(OC(F)(F)F)c3)n2)CC1. The number of carbonyl (C=O) groups excluding carboxylic acids is 1. The molecule has 28 heavy (non-hydrogen) atoms. The third kappa shape index (κ3) is 5.35. The number of piperazine rings is 1. The Morgan fingerprint density at radius 1 is 1.25 bits per heavy atom. The first-order valence-corrected chi connectivity index (χ1v) is 8.67. The number of carbonyl (C=O) groups is 1. The highest BCUT2D eigenvalue weighted by molar-refractivity contribution is 5.67. The van der Waals surface area contributed by atoms with E-state index in [1.165, 1.54) is 18.2 Å². The molecule has 0 spiro atoms. The van der Waals surface area contributed by atoms with Crippen LogP contribution in [0.5, 0.6) is 5.75 Å². The molecule has 0 atom stereocenters. The van der Waals surface area contributed by atoms with Gasteiger partial charge in [-0.3, -0.25) is 4.90 Å². The minimum atomic E-state index is -4.77. The Labute approximate surface area is 158 Å². The van der Waals surface area contributed by atoms with E-state index in [4.69, 9.17) is 9.26 Å². The predicted octanol–water partition coefficient (Wildman–Crippen LogP) is 2.91. The molecule has 1 aliphatic heterocycles. The second kappa shape index (κ2) is 8.46. The Hall–Kier alpha value is -2.82. The Balaban J connectivity index is 1.58. The van der Waals surface area contributed by atoms with E-state index in [9.17, 15) is 18.0 Å². The molecule has 1 fully saturated rings. The summed E-state index contributed by atoms with van der Waals surface area (Å²) < 4.78 is 51.1. The van der Waals surface area contributed by atoms with E-state index in [1.807, 2.05) is 4.90 Å². The highest BCUT2D eigenvalue weighted by Gasteiger charge is 2.31. The fraction of sp³-hybridized carbons (Fsp3) is 0.471. The number of halogens is 3. The summed E-state index contributed by atoms with van der Waals surface area (Å²) in [5.74, 6) is 0.148. The van der Waals surface area contributed by atoms with Gasteiger partial charge in [0.25, 0.3) is 5.89 Å². The van der Waals surface area contributed by atoms with Crippen molar-refractivity contribution in [2.45, 2.75) is 19.8 Å². The van der Waals surface area contributed by atoms with E-state index < -0.39 is 6.36 Å². The molecule has 1 aliphatic rings. The monoisotopic (exact) mass is 400 g/mol. The van der Waals surface area contributed by atoms with Gasteiger partial charge >= 0.3 is 12.5 Å². The minimum Gasteiger partial charge on any atom is -0.450 e. The Morgan fingerprint density at radius 2 is 2.00 bits per heavy atom. The summed E-state index contributed by atoms with van der Waals surface area (Å²) in [5, 5.41) is 3.88. The molecule has 0 unspecified atom stereocenters. The molecule has 152 valence electrons. The quantitative estimate of drug-likeness (QED) is 0.763. The maximum atomic E-state index is 12.3. The fourth-order valence-corrected chi connectivity index (χ4v) is 2.77. The maximum Gasteiger partial charge on any atom is 0.573 e. The van der Waals surface area contributed by atoms with Crippen LogP contribution >= 0.6 is 0 Å². The van der Waals surface area contributed by atoms with E-state index in [2.05, 4.69) is 14.9 Å². The summed E-state index contributed by atoms with van der Waals surface area (Å²) in [6.07, 6.45) is -5.10. The molecular formula is C17H19F3N4O4. The number of amides is 1. The lowest BCUT2D eigenvalue weighted by atomic mass is 10.2. The van der Waals surface area contributed by atoms with Crippen LogP contribution < -0.4 is 4.74 Å². The van der Waals surface area contributed by atoms with Crippen LogP contribution in [0.15, 0.2) is 28.8 Å². The zero-order valence-electron chi connectivity index (χ0n) is 15.1. The Morgan fingerprint density at radius 3 is 2.68 bits per heavy atom. The molecule has 8 nitrogen and oxygen atoms in total. The lowest BCUT2D eigenvalue weighted by molar-refractivity contribution is -0.274. The van der Waals surface area contributed by atoms with Crippen LogP contribution in [0.3, 0.4) is 0 Å². The van der Waals surface area contributed by atoms with Gasteiger partial charge in [0.2, 0.25) is 0 Å². The molecule has 0 N–H and O–H groups in total. The van der Waals surface area contributed by atoms with Crippen molar-refractivity contribution in [1.82, 2.24) is 19.9 Å². The Kier molecular flexibility index (Phi) is 6.02. The first kappa shape index (κ1) is 19.9. The molecule has 1 saturated heterocycles. The lowest BCUT2D eigenvalue weighted by Gasteiger charge is -2.33. The van der Waals surface area contributed by atoms with Crippen LogP contribution in [0.4, 0.5) is 18.0 Å². The van der Waals surface area contributed by atoms with Gasteiger partial charge in [-0.1, -0.05) is 11.2 Å². The van der Waals surface area contributed by atoms with E-state index >= 15 is 0 Å². The summed E-state index contributed by atoms with van der Waals surface area (Å²) in [4.78, 5) is 19.6. The van der Waals surface area contributed by atoms with Gasteiger partial charge in [-0.2, -0.15) is 4.98 Å². The van der Waals surface area contributed by atoms with Gasteiger partial charge in [0.1, 0.15) is 5.75 Å². The number of ether oxygens (including phenoxy) is 2.